The summed E-state index contributed by atoms with van der Waals surface area (Å²) < 4.78 is 13.3. The standard InChI is InChI=1S/C16H14FN3O/c1-11-8-13(17)10-14(9-11)20-16(21)15-12(4-2-6-18)5-3-7-19-15/h3,5,7-10H,6,18H2,1H3,(H,20,21). The molecule has 1 heterocycles. The van der Waals surface area contributed by atoms with Crippen LogP contribution >= 0.6 is 0 Å². The highest BCUT2D eigenvalue weighted by Gasteiger charge is 2.12. The molecule has 0 bridgehead atoms. The first kappa shape index (κ1) is 14.7. The van der Waals surface area contributed by atoms with Gasteiger partial charge in [-0.05, 0) is 42.8 Å². The van der Waals surface area contributed by atoms with Gasteiger partial charge in [0.05, 0.1) is 12.1 Å². The van der Waals surface area contributed by atoms with Crippen LogP contribution in [0.5, 0.6) is 0 Å². The van der Waals surface area contributed by atoms with Crippen LogP contribution in [0.3, 0.4) is 0 Å². The van der Waals surface area contributed by atoms with Crippen LogP contribution in [-0.2, 0) is 0 Å². The number of hydrogen-bond acceptors (Lipinski definition) is 3. The van der Waals surface area contributed by atoms with Gasteiger partial charge < -0.3 is 11.1 Å². The SMILES string of the molecule is Cc1cc(F)cc(NC(=O)c2ncccc2C#CCN)c1. The number of halogens is 1. The van der Waals surface area contributed by atoms with Crippen molar-refractivity contribution in [1.82, 2.24) is 4.98 Å². The topological polar surface area (TPSA) is 68.0 Å². The second-order valence-corrected chi connectivity index (χ2v) is 4.38. The maximum absolute atomic E-state index is 13.3. The van der Waals surface area contributed by atoms with Gasteiger partial charge in [0.1, 0.15) is 11.5 Å². The predicted molar refractivity (Wildman–Crippen MR) is 79.3 cm³/mol. The first-order valence-electron chi connectivity index (χ1n) is 6.32. The van der Waals surface area contributed by atoms with Gasteiger partial charge in [-0.15, -0.1) is 0 Å². The molecule has 0 atom stereocenters. The Morgan fingerprint density at radius 1 is 1.43 bits per heavy atom. The summed E-state index contributed by atoms with van der Waals surface area (Å²) in [4.78, 5) is 16.2. The highest BCUT2D eigenvalue weighted by atomic mass is 19.1. The van der Waals surface area contributed by atoms with E-state index in [2.05, 4.69) is 22.1 Å². The number of carbonyl (C=O) groups excluding carboxylic acids is 1. The summed E-state index contributed by atoms with van der Waals surface area (Å²) in [7, 11) is 0. The molecule has 2 rings (SSSR count). The molecular weight excluding hydrogens is 269 g/mol. The normalized spacial score (nSPS) is 9.67. The number of aromatic nitrogens is 1. The molecular formula is C16H14FN3O. The van der Waals surface area contributed by atoms with Crippen molar-refractivity contribution in [2.75, 3.05) is 11.9 Å². The van der Waals surface area contributed by atoms with E-state index < -0.39 is 11.7 Å². The molecule has 0 spiro atoms. The van der Waals surface area contributed by atoms with Gasteiger partial charge in [0, 0.05) is 11.9 Å². The molecule has 0 fully saturated rings. The summed E-state index contributed by atoms with van der Waals surface area (Å²) in [6.45, 7) is 1.94. The summed E-state index contributed by atoms with van der Waals surface area (Å²) >= 11 is 0. The Labute approximate surface area is 122 Å². The van der Waals surface area contributed by atoms with E-state index in [1.165, 1.54) is 18.3 Å². The Morgan fingerprint density at radius 3 is 2.95 bits per heavy atom. The van der Waals surface area contributed by atoms with Gasteiger partial charge in [0.2, 0.25) is 0 Å². The van der Waals surface area contributed by atoms with Crippen molar-refractivity contribution in [1.29, 1.82) is 0 Å². The van der Waals surface area contributed by atoms with Crippen molar-refractivity contribution in [3.63, 3.8) is 0 Å². The Kier molecular flexibility index (Phi) is 4.64. The zero-order valence-electron chi connectivity index (χ0n) is 11.5. The summed E-state index contributed by atoms with van der Waals surface area (Å²) in [6.07, 6.45) is 1.50. The zero-order chi connectivity index (χ0) is 15.2. The predicted octanol–water partition coefficient (Wildman–Crippen LogP) is 2.09. The number of nitrogens with two attached hydrogens (primary N) is 1. The first-order chi connectivity index (χ1) is 10.1. The van der Waals surface area contributed by atoms with Crippen LogP contribution in [0.15, 0.2) is 36.5 Å². The molecule has 1 amide bonds. The van der Waals surface area contributed by atoms with E-state index in [9.17, 15) is 9.18 Å². The fourth-order valence-electron chi connectivity index (χ4n) is 1.83. The van der Waals surface area contributed by atoms with Crippen LogP contribution in [0.1, 0.15) is 21.6 Å². The van der Waals surface area contributed by atoms with Crippen LogP contribution in [-0.4, -0.2) is 17.4 Å². The van der Waals surface area contributed by atoms with Crippen LogP contribution in [0.2, 0.25) is 0 Å². The van der Waals surface area contributed by atoms with Crippen molar-refractivity contribution < 1.29 is 9.18 Å². The average Bonchev–Trinajstić information content (AvgIpc) is 2.44. The number of nitrogens with one attached hydrogen (secondary N) is 1. The molecule has 1 aromatic carbocycles. The maximum Gasteiger partial charge on any atom is 0.275 e. The molecule has 0 aliphatic heterocycles. The number of anilines is 1. The number of nitrogens with zero attached hydrogens (tertiary/aromatic N) is 1. The maximum atomic E-state index is 13.3. The quantitative estimate of drug-likeness (QED) is 0.829. The highest BCUT2D eigenvalue weighted by Crippen LogP contribution is 2.15. The summed E-state index contributed by atoms with van der Waals surface area (Å²) in [5.41, 5.74) is 7.08. The van der Waals surface area contributed by atoms with Gasteiger partial charge >= 0.3 is 0 Å². The number of aryl methyl sites for hydroxylation is 1. The fourth-order valence-corrected chi connectivity index (χ4v) is 1.83. The summed E-state index contributed by atoms with van der Waals surface area (Å²) in [5, 5.41) is 2.62. The zero-order valence-corrected chi connectivity index (χ0v) is 11.5. The van der Waals surface area contributed by atoms with Crippen LogP contribution in [0.4, 0.5) is 10.1 Å². The Balaban J connectivity index is 2.28. The highest BCUT2D eigenvalue weighted by molar-refractivity contribution is 6.04. The van der Waals surface area contributed by atoms with Gasteiger partial charge in [-0.3, -0.25) is 4.79 Å². The number of amides is 1. The lowest BCUT2D eigenvalue weighted by Crippen LogP contribution is -2.15. The third kappa shape index (κ3) is 3.88. The molecule has 1 aromatic heterocycles. The molecule has 2 aromatic rings. The second-order valence-electron chi connectivity index (χ2n) is 4.38. The minimum absolute atomic E-state index is 0.181. The number of hydrogen-bond donors (Lipinski definition) is 2. The molecule has 4 nitrogen and oxygen atoms in total. The minimum Gasteiger partial charge on any atom is -0.321 e. The van der Waals surface area contributed by atoms with E-state index >= 15 is 0 Å². The number of rotatable bonds is 2. The monoisotopic (exact) mass is 283 g/mol. The van der Waals surface area contributed by atoms with E-state index in [0.717, 1.165) is 5.56 Å². The fraction of sp³-hybridized carbons (Fsp3) is 0.125. The lowest BCUT2D eigenvalue weighted by Gasteiger charge is -2.07. The summed E-state index contributed by atoms with van der Waals surface area (Å²) in [5.74, 6) is 4.62. The Hall–Kier alpha value is -2.71. The van der Waals surface area contributed by atoms with E-state index in [1.54, 1.807) is 25.1 Å². The molecule has 21 heavy (non-hydrogen) atoms. The Bertz CT molecular complexity index is 712. The van der Waals surface area contributed by atoms with Crippen molar-refractivity contribution in [2.45, 2.75) is 6.92 Å². The smallest absolute Gasteiger partial charge is 0.275 e. The largest absolute Gasteiger partial charge is 0.321 e. The second kappa shape index (κ2) is 6.64. The van der Waals surface area contributed by atoms with Gasteiger partial charge in [-0.1, -0.05) is 11.8 Å². The molecule has 0 saturated heterocycles. The molecule has 106 valence electrons. The van der Waals surface area contributed by atoms with Gasteiger partial charge in [0.25, 0.3) is 5.91 Å². The summed E-state index contributed by atoms with van der Waals surface area (Å²) in [6, 6.07) is 7.67. The first-order valence-corrected chi connectivity index (χ1v) is 6.32. The molecule has 0 aliphatic carbocycles. The molecule has 5 heteroatoms. The third-order valence-corrected chi connectivity index (χ3v) is 2.65. The van der Waals surface area contributed by atoms with E-state index in [1.807, 2.05) is 0 Å². The lowest BCUT2D eigenvalue weighted by atomic mass is 10.1. The van der Waals surface area contributed by atoms with Crippen LogP contribution < -0.4 is 11.1 Å². The number of carbonyl (C=O) groups is 1. The number of pyridine rings is 1. The van der Waals surface area contributed by atoms with Crippen molar-refractivity contribution in [2.24, 2.45) is 5.73 Å². The molecule has 3 N–H and O–H groups in total. The van der Waals surface area contributed by atoms with Crippen molar-refractivity contribution in [3.8, 4) is 11.8 Å². The molecule has 0 aliphatic rings. The molecule has 0 radical (unpaired) electrons. The average molecular weight is 283 g/mol. The van der Waals surface area contributed by atoms with E-state index in [-0.39, 0.29) is 12.2 Å². The minimum atomic E-state index is -0.443. The Morgan fingerprint density at radius 2 is 2.24 bits per heavy atom. The van der Waals surface area contributed by atoms with Crippen LogP contribution in [0, 0.1) is 24.6 Å². The number of benzene rings is 1. The van der Waals surface area contributed by atoms with E-state index in [4.69, 9.17) is 5.73 Å². The van der Waals surface area contributed by atoms with E-state index in [0.29, 0.717) is 11.3 Å². The van der Waals surface area contributed by atoms with Crippen molar-refractivity contribution in [3.05, 3.63) is 59.2 Å². The van der Waals surface area contributed by atoms with Gasteiger partial charge in [0.15, 0.2) is 0 Å². The van der Waals surface area contributed by atoms with Gasteiger partial charge in [-0.25, -0.2) is 9.37 Å². The third-order valence-electron chi connectivity index (χ3n) is 2.65. The molecule has 0 saturated carbocycles. The van der Waals surface area contributed by atoms with Crippen molar-refractivity contribution >= 4 is 11.6 Å². The lowest BCUT2D eigenvalue weighted by molar-refractivity contribution is 0.102. The van der Waals surface area contributed by atoms with Crippen LogP contribution in [0.25, 0.3) is 0 Å². The van der Waals surface area contributed by atoms with Gasteiger partial charge in [-0.2, -0.15) is 0 Å². The molecule has 0 unspecified atom stereocenters.